The zero-order chi connectivity index (χ0) is 22.8. The van der Waals surface area contributed by atoms with Gasteiger partial charge in [0.15, 0.2) is 11.6 Å². The molecule has 9 nitrogen and oxygen atoms in total. The van der Waals surface area contributed by atoms with Gasteiger partial charge in [0.05, 0.1) is 12.2 Å². The van der Waals surface area contributed by atoms with Gasteiger partial charge in [-0.1, -0.05) is 19.6 Å². The Labute approximate surface area is 187 Å². The fourth-order valence-corrected chi connectivity index (χ4v) is 3.72. The predicted octanol–water partition coefficient (Wildman–Crippen LogP) is 3.63. The maximum absolute atomic E-state index is 13.8. The van der Waals surface area contributed by atoms with E-state index in [9.17, 15) is 13.6 Å². The number of nitrogens with zero attached hydrogens (tertiary/aromatic N) is 7. The van der Waals surface area contributed by atoms with Crippen LogP contribution < -0.4 is 4.90 Å². The van der Waals surface area contributed by atoms with E-state index in [1.807, 2.05) is 6.92 Å². The highest BCUT2D eigenvalue weighted by Crippen LogP contribution is 2.34. The van der Waals surface area contributed by atoms with E-state index in [1.54, 1.807) is 9.80 Å². The Morgan fingerprint density at radius 1 is 1.16 bits per heavy atom. The van der Waals surface area contributed by atoms with Crippen LogP contribution in [0.15, 0.2) is 24.8 Å². The summed E-state index contributed by atoms with van der Waals surface area (Å²) in [6.07, 6.45) is 1.16. The molecule has 0 radical (unpaired) electrons. The number of H-pyrrole nitrogens is 1. The van der Waals surface area contributed by atoms with Crippen LogP contribution in [0.25, 0.3) is 5.70 Å². The van der Waals surface area contributed by atoms with E-state index in [0.29, 0.717) is 43.3 Å². The van der Waals surface area contributed by atoms with Crippen molar-refractivity contribution in [3.63, 3.8) is 0 Å². The Kier molecular flexibility index (Phi) is 6.17. The number of amides is 2. The van der Waals surface area contributed by atoms with Crippen molar-refractivity contribution < 1.29 is 13.6 Å². The molecule has 1 aliphatic rings. The number of hydrogen-bond acceptors (Lipinski definition) is 5. The number of urea groups is 1. The lowest BCUT2D eigenvalue weighted by molar-refractivity contribution is 0.221. The second kappa shape index (κ2) is 9.03. The number of aromatic nitrogens is 6. The summed E-state index contributed by atoms with van der Waals surface area (Å²) in [4.78, 5) is 24.6. The third-order valence-electron chi connectivity index (χ3n) is 5.07. The summed E-state index contributed by atoms with van der Waals surface area (Å²) in [5.74, 6) is -0.624. The van der Waals surface area contributed by atoms with E-state index in [4.69, 9.17) is 11.6 Å². The van der Waals surface area contributed by atoms with Gasteiger partial charge in [0, 0.05) is 25.1 Å². The SMILES string of the molecule is C=C1c2[nH]c(Cl)nc2N(CCC)C(=O)N1CCCn1nnc(Cc2c(F)cccc2F)n1. The molecule has 3 heterocycles. The summed E-state index contributed by atoms with van der Waals surface area (Å²) >= 11 is 6.00. The molecule has 0 saturated heterocycles. The molecule has 0 spiro atoms. The first kappa shape index (κ1) is 21.9. The van der Waals surface area contributed by atoms with Crippen LogP contribution in [0.1, 0.15) is 36.8 Å². The molecule has 0 unspecified atom stereocenters. The zero-order valence-electron chi connectivity index (χ0n) is 17.4. The van der Waals surface area contributed by atoms with Gasteiger partial charge in [-0.15, -0.1) is 10.2 Å². The summed E-state index contributed by atoms with van der Waals surface area (Å²) in [6.45, 7) is 7.19. The van der Waals surface area contributed by atoms with E-state index in [1.165, 1.54) is 23.0 Å². The van der Waals surface area contributed by atoms with E-state index >= 15 is 0 Å². The lowest BCUT2D eigenvalue weighted by Gasteiger charge is -2.35. The number of tetrazole rings is 1. The number of carbonyl (C=O) groups is 1. The van der Waals surface area contributed by atoms with Crippen LogP contribution in [0.4, 0.5) is 19.4 Å². The quantitative estimate of drug-likeness (QED) is 0.551. The van der Waals surface area contributed by atoms with Crippen LogP contribution in [-0.4, -0.2) is 54.2 Å². The number of nitrogens with one attached hydrogen (secondary N) is 1. The van der Waals surface area contributed by atoms with Gasteiger partial charge in [-0.2, -0.15) is 9.78 Å². The van der Waals surface area contributed by atoms with Gasteiger partial charge < -0.3 is 4.98 Å². The maximum Gasteiger partial charge on any atom is 0.330 e. The Hall–Kier alpha value is -3.34. The number of imidazole rings is 1. The van der Waals surface area contributed by atoms with Crippen molar-refractivity contribution in [1.29, 1.82) is 0 Å². The predicted molar refractivity (Wildman–Crippen MR) is 114 cm³/mol. The van der Waals surface area contributed by atoms with E-state index in [2.05, 4.69) is 32.0 Å². The first-order chi connectivity index (χ1) is 15.4. The van der Waals surface area contributed by atoms with Crippen LogP contribution in [-0.2, 0) is 13.0 Å². The third kappa shape index (κ3) is 4.20. The lowest BCUT2D eigenvalue weighted by Crippen LogP contribution is -2.47. The molecule has 0 saturated carbocycles. The number of benzene rings is 1. The summed E-state index contributed by atoms with van der Waals surface area (Å²) in [6, 6.07) is 3.45. The highest BCUT2D eigenvalue weighted by molar-refractivity contribution is 6.28. The first-order valence-electron chi connectivity index (χ1n) is 10.1. The molecule has 1 aromatic carbocycles. The average molecular weight is 463 g/mol. The average Bonchev–Trinajstić information content (AvgIpc) is 3.37. The van der Waals surface area contributed by atoms with Crippen molar-refractivity contribution >= 4 is 29.1 Å². The van der Waals surface area contributed by atoms with Crippen LogP contribution >= 0.6 is 11.6 Å². The minimum atomic E-state index is -0.654. The van der Waals surface area contributed by atoms with E-state index < -0.39 is 11.6 Å². The number of anilines is 1. The van der Waals surface area contributed by atoms with Crippen molar-refractivity contribution in [1.82, 2.24) is 35.1 Å². The Morgan fingerprint density at radius 3 is 2.62 bits per heavy atom. The minimum absolute atomic E-state index is 0.102. The zero-order valence-corrected chi connectivity index (χ0v) is 18.1. The summed E-state index contributed by atoms with van der Waals surface area (Å²) in [5.41, 5.74) is 0.988. The molecule has 1 N–H and O–H groups in total. The summed E-state index contributed by atoms with van der Waals surface area (Å²) < 4.78 is 27.7. The molecule has 0 bridgehead atoms. The van der Waals surface area contributed by atoms with Gasteiger partial charge in [-0.05, 0) is 41.8 Å². The van der Waals surface area contributed by atoms with Crippen molar-refractivity contribution in [2.45, 2.75) is 32.7 Å². The van der Waals surface area contributed by atoms with Crippen LogP contribution in [0.2, 0.25) is 5.28 Å². The van der Waals surface area contributed by atoms with Crippen LogP contribution in [0, 0.1) is 11.6 Å². The molecule has 4 rings (SSSR count). The molecular formula is C20H21ClF2N8O. The van der Waals surface area contributed by atoms with Crippen molar-refractivity contribution in [3.05, 3.63) is 58.8 Å². The molecule has 2 aromatic heterocycles. The standard InChI is InChI=1S/C20H21ClF2N8O/c1-3-8-30-18-17(24-19(21)25-18)12(2)29(20(30)32)9-5-10-31-27-16(26-28-31)11-13-14(22)6-4-7-15(13)23/h4,6-7H,2-3,5,8-11H2,1H3,(H,24,25). The Balaban J connectivity index is 1.40. The number of aryl methyl sites for hydroxylation is 1. The molecule has 32 heavy (non-hydrogen) atoms. The molecule has 0 atom stereocenters. The number of carbonyl (C=O) groups excluding carboxylic acids is 1. The minimum Gasteiger partial charge on any atom is -0.326 e. The number of fused-ring (bicyclic) bond motifs is 1. The fraction of sp³-hybridized carbons (Fsp3) is 0.350. The van der Waals surface area contributed by atoms with Crippen LogP contribution in [0.5, 0.6) is 0 Å². The number of aromatic amines is 1. The van der Waals surface area contributed by atoms with Crippen LogP contribution in [0.3, 0.4) is 0 Å². The Bertz CT molecular complexity index is 1140. The van der Waals surface area contributed by atoms with Crippen molar-refractivity contribution in [2.75, 3.05) is 18.0 Å². The van der Waals surface area contributed by atoms with Crippen molar-refractivity contribution in [3.8, 4) is 0 Å². The van der Waals surface area contributed by atoms with Gasteiger partial charge in [-0.25, -0.2) is 13.6 Å². The van der Waals surface area contributed by atoms with Gasteiger partial charge in [0.2, 0.25) is 5.28 Å². The van der Waals surface area contributed by atoms with E-state index in [0.717, 1.165) is 6.42 Å². The maximum atomic E-state index is 13.8. The second-order valence-electron chi connectivity index (χ2n) is 7.29. The topological polar surface area (TPSA) is 95.8 Å². The van der Waals surface area contributed by atoms with Gasteiger partial charge in [0.1, 0.15) is 17.3 Å². The lowest BCUT2D eigenvalue weighted by atomic mass is 10.1. The van der Waals surface area contributed by atoms with E-state index in [-0.39, 0.29) is 29.1 Å². The summed E-state index contributed by atoms with van der Waals surface area (Å²) in [7, 11) is 0. The van der Waals surface area contributed by atoms with Gasteiger partial charge in [0.25, 0.3) is 0 Å². The first-order valence-corrected chi connectivity index (χ1v) is 10.5. The molecule has 3 aromatic rings. The molecule has 0 fully saturated rings. The van der Waals surface area contributed by atoms with Gasteiger partial charge in [-0.3, -0.25) is 9.80 Å². The largest absolute Gasteiger partial charge is 0.330 e. The molecular weight excluding hydrogens is 442 g/mol. The Morgan fingerprint density at radius 2 is 1.91 bits per heavy atom. The molecule has 1 aliphatic heterocycles. The number of hydrogen-bond donors (Lipinski definition) is 1. The molecule has 12 heteroatoms. The third-order valence-corrected chi connectivity index (χ3v) is 5.24. The molecule has 0 aliphatic carbocycles. The highest BCUT2D eigenvalue weighted by atomic mass is 35.5. The molecule has 2 amide bonds. The monoisotopic (exact) mass is 462 g/mol. The highest BCUT2D eigenvalue weighted by Gasteiger charge is 2.35. The van der Waals surface area contributed by atoms with Gasteiger partial charge >= 0.3 is 6.03 Å². The molecule has 168 valence electrons. The second-order valence-corrected chi connectivity index (χ2v) is 7.65. The van der Waals surface area contributed by atoms with Crippen molar-refractivity contribution in [2.24, 2.45) is 0 Å². The normalized spacial score (nSPS) is 13.8. The smallest absolute Gasteiger partial charge is 0.326 e. The fourth-order valence-electron chi connectivity index (χ4n) is 3.55. The number of rotatable bonds is 8. The number of halogens is 3. The summed E-state index contributed by atoms with van der Waals surface area (Å²) in [5, 5.41) is 12.2.